The summed E-state index contributed by atoms with van der Waals surface area (Å²) in [6.45, 7) is 0. The van der Waals surface area contributed by atoms with Gasteiger partial charge in [0, 0.05) is 0 Å². The van der Waals surface area contributed by atoms with Gasteiger partial charge in [-0.2, -0.15) is 16.8 Å². The molecule has 0 aromatic heterocycles. The normalized spacial score (nSPS) is 16.0. The number of sulfonamides is 2. The Morgan fingerprint density at radius 1 is 0.600 bits per heavy atom. The number of amides is 2. The molecule has 0 radical (unpaired) electrons. The van der Waals surface area contributed by atoms with Crippen molar-refractivity contribution in [2.24, 2.45) is 0 Å². The number of hydrogen-bond donors (Lipinski definition) is 6. The first-order valence-electron chi connectivity index (χ1n) is 7.94. The molecule has 0 aliphatic carbocycles. The molecule has 0 saturated carbocycles. The molecule has 0 atom stereocenters. The number of fused-ring (bicyclic) bond motifs is 2. The average Bonchev–Trinajstić information content (AvgIpc) is 3.02. The first kappa shape index (κ1) is 33.0. The number of hydrogen-bond acceptors (Lipinski definition) is 10. The standard InChI is InChI=1S/2C7H5NO3S.Na.2H2O4S.H/c2*9-7-5-3-1-2-4-6(5)12(10,11)8-7;;2*1-5(2,3)4;/h2*1-4H,(H,8,9);;2*(H2,1,2,3,4);/q;;+1;;;-1. The Kier molecular flexibility index (Phi) is 11.6. The molecule has 2 heterocycles. The van der Waals surface area contributed by atoms with Gasteiger partial charge in [0.05, 0.1) is 11.1 Å². The maximum absolute atomic E-state index is 11.1. The zero-order chi connectivity index (χ0) is 26.5. The molecule has 0 saturated heterocycles. The summed E-state index contributed by atoms with van der Waals surface area (Å²) in [6, 6.07) is 12.2. The molecule has 2 aromatic rings. The quantitative estimate of drug-likeness (QED) is 0.127. The van der Waals surface area contributed by atoms with E-state index in [2.05, 4.69) is 0 Å². The van der Waals surface area contributed by atoms with Crippen LogP contribution in [0.4, 0.5) is 0 Å². The van der Waals surface area contributed by atoms with Crippen LogP contribution < -0.4 is 39.0 Å². The third kappa shape index (κ3) is 11.5. The van der Waals surface area contributed by atoms with Crippen molar-refractivity contribution < 1.29 is 92.5 Å². The summed E-state index contributed by atoms with van der Waals surface area (Å²) in [6.07, 6.45) is 0. The van der Waals surface area contributed by atoms with E-state index in [0.717, 1.165) is 0 Å². The largest absolute Gasteiger partial charge is 1.00 e. The Labute approximate surface area is 222 Å². The molecule has 2 amide bonds. The molecular formula is C14H15N2NaO14S4. The van der Waals surface area contributed by atoms with Gasteiger partial charge in [-0.3, -0.25) is 27.8 Å². The molecule has 190 valence electrons. The van der Waals surface area contributed by atoms with Crippen LogP contribution in [0, 0.1) is 0 Å². The van der Waals surface area contributed by atoms with E-state index in [1.54, 1.807) is 24.3 Å². The summed E-state index contributed by atoms with van der Waals surface area (Å²) >= 11 is 0. The predicted molar refractivity (Wildman–Crippen MR) is 112 cm³/mol. The Hall–Kier alpha value is -1.98. The molecule has 0 bridgehead atoms. The van der Waals surface area contributed by atoms with Crippen LogP contribution in [-0.2, 0) is 40.8 Å². The summed E-state index contributed by atoms with van der Waals surface area (Å²) in [5, 5.41) is 0. The predicted octanol–water partition coefficient (Wildman–Crippen LogP) is -3.95. The molecule has 21 heteroatoms. The maximum atomic E-state index is 11.1. The van der Waals surface area contributed by atoms with Crippen LogP contribution in [0.2, 0.25) is 0 Å². The van der Waals surface area contributed by atoms with Crippen molar-refractivity contribution in [3.8, 4) is 0 Å². The average molecular weight is 587 g/mol. The molecule has 2 aliphatic heterocycles. The van der Waals surface area contributed by atoms with Gasteiger partial charge in [-0.15, -0.1) is 0 Å². The minimum absolute atomic E-state index is 0. The van der Waals surface area contributed by atoms with Crippen molar-refractivity contribution in [3.05, 3.63) is 59.7 Å². The monoisotopic (exact) mass is 586 g/mol. The summed E-state index contributed by atoms with van der Waals surface area (Å²) in [4.78, 5) is 22.1. The van der Waals surface area contributed by atoms with Crippen molar-refractivity contribution in [2.75, 3.05) is 0 Å². The first-order chi connectivity index (χ1) is 15.2. The van der Waals surface area contributed by atoms with E-state index in [0.29, 0.717) is 0 Å². The number of carbonyl (C=O) groups excluding carboxylic acids is 2. The summed E-state index contributed by atoms with van der Waals surface area (Å²) < 4.78 is 111. The smallest absolute Gasteiger partial charge is 1.00 e. The van der Waals surface area contributed by atoms with Crippen LogP contribution in [0.15, 0.2) is 58.3 Å². The summed E-state index contributed by atoms with van der Waals surface area (Å²) in [5.41, 5.74) is 0.440. The molecule has 2 aromatic carbocycles. The fourth-order valence-electron chi connectivity index (χ4n) is 2.24. The van der Waals surface area contributed by atoms with Gasteiger partial charge in [-0.05, 0) is 24.3 Å². The maximum Gasteiger partial charge on any atom is 1.00 e. The molecular weight excluding hydrogens is 571 g/mol. The van der Waals surface area contributed by atoms with Crippen molar-refractivity contribution in [1.29, 1.82) is 0 Å². The van der Waals surface area contributed by atoms with Crippen LogP contribution in [0.5, 0.6) is 0 Å². The Morgan fingerprint density at radius 2 is 0.829 bits per heavy atom. The molecule has 16 nitrogen and oxygen atoms in total. The minimum atomic E-state index is -4.67. The van der Waals surface area contributed by atoms with E-state index in [4.69, 9.17) is 35.0 Å². The number of benzene rings is 2. The van der Waals surface area contributed by atoms with E-state index in [1.807, 2.05) is 9.44 Å². The summed E-state index contributed by atoms with van der Waals surface area (Å²) in [7, 11) is -16.4. The van der Waals surface area contributed by atoms with Gasteiger partial charge in [0.15, 0.2) is 0 Å². The van der Waals surface area contributed by atoms with E-state index in [1.165, 1.54) is 24.3 Å². The molecule has 0 spiro atoms. The van der Waals surface area contributed by atoms with Crippen LogP contribution in [0.25, 0.3) is 0 Å². The molecule has 2 aliphatic rings. The molecule has 35 heavy (non-hydrogen) atoms. The van der Waals surface area contributed by atoms with Gasteiger partial charge in [0.2, 0.25) is 0 Å². The second kappa shape index (κ2) is 12.3. The molecule has 4 rings (SSSR count). The fourth-order valence-corrected chi connectivity index (χ4v) is 4.59. The zero-order valence-corrected chi connectivity index (χ0v) is 22.4. The third-order valence-corrected chi connectivity index (χ3v) is 6.07. The van der Waals surface area contributed by atoms with Crippen LogP contribution in [0.1, 0.15) is 22.1 Å². The van der Waals surface area contributed by atoms with Crippen molar-refractivity contribution in [1.82, 2.24) is 9.44 Å². The van der Waals surface area contributed by atoms with Crippen molar-refractivity contribution >= 4 is 52.7 Å². The Bertz CT molecular complexity index is 1410. The van der Waals surface area contributed by atoms with E-state index < -0.39 is 52.7 Å². The van der Waals surface area contributed by atoms with Crippen LogP contribution in [-0.4, -0.2) is 63.7 Å². The molecule has 0 fully saturated rings. The van der Waals surface area contributed by atoms with Gasteiger partial charge in [0.1, 0.15) is 9.79 Å². The fraction of sp³-hybridized carbons (Fsp3) is 0. The van der Waals surface area contributed by atoms with Crippen molar-refractivity contribution in [2.45, 2.75) is 9.79 Å². The first-order valence-corrected chi connectivity index (χ1v) is 13.7. The van der Waals surface area contributed by atoms with Gasteiger partial charge in [-0.25, -0.2) is 26.3 Å². The van der Waals surface area contributed by atoms with Gasteiger partial charge >= 0.3 is 50.4 Å². The molecule has 6 N–H and O–H groups in total. The Morgan fingerprint density at radius 3 is 1.06 bits per heavy atom. The van der Waals surface area contributed by atoms with E-state index in [-0.39, 0.29) is 51.9 Å². The number of rotatable bonds is 0. The number of carbonyl (C=O) groups is 2. The second-order valence-electron chi connectivity index (χ2n) is 5.76. The number of nitrogens with one attached hydrogen (secondary N) is 2. The van der Waals surface area contributed by atoms with E-state index in [9.17, 15) is 26.4 Å². The van der Waals surface area contributed by atoms with Crippen LogP contribution in [0.3, 0.4) is 0 Å². The van der Waals surface area contributed by atoms with Gasteiger partial charge < -0.3 is 1.43 Å². The third-order valence-electron chi connectivity index (χ3n) is 3.30. The summed E-state index contributed by atoms with van der Waals surface area (Å²) in [5.74, 6) is -1.10. The second-order valence-corrected chi connectivity index (χ2v) is 10.9. The molecule has 0 unspecified atom stereocenters. The zero-order valence-electron chi connectivity index (χ0n) is 18.1. The van der Waals surface area contributed by atoms with Crippen LogP contribution >= 0.6 is 0 Å². The topological polar surface area (TPSA) is 276 Å². The van der Waals surface area contributed by atoms with Crippen molar-refractivity contribution in [3.63, 3.8) is 0 Å². The van der Waals surface area contributed by atoms with Gasteiger partial charge in [-0.1, -0.05) is 24.3 Å². The van der Waals surface area contributed by atoms with Gasteiger partial charge in [0.25, 0.3) is 31.9 Å². The Balaban J connectivity index is 0. The minimum Gasteiger partial charge on any atom is -1.00 e. The van der Waals surface area contributed by atoms with E-state index >= 15 is 0 Å². The SMILES string of the molecule is O=C1NS(=O)(=O)c2ccccc21.O=C1NS(=O)(=O)c2ccccc21.O=S(=O)(O)O.O=S(=O)(O)O.[H-].[Na+].